The number of fused-ring (bicyclic) bond motifs is 2. The molecule has 7 aromatic rings. The predicted molar refractivity (Wildman–Crippen MR) is 200 cm³/mol. The Balaban J connectivity index is 1.56. The van der Waals surface area contributed by atoms with E-state index in [1.165, 1.54) is 12.1 Å². The zero-order valence-corrected chi connectivity index (χ0v) is 28.8. The number of halogens is 3. The Bertz CT molecular complexity index is 2760. The molecule has 0 spiro atoms. The summed E-state index contributed by atoms with van der Waals surface area (Å²) in [5, 5.41) is -0.643. The van der Waals surface area contributed by atoms with Crippen LogP contribution in [-0.4, -0.2) is 9.13 Å². The Kier molecular flexibility index (Phi) is 8.81. The molecule has 0 aliphatic rings. The van der Waals surface area contributed by atoms with Gasteiger partial charge < -0.3 is 0 Å². The fourth-order valence-corrected chi connectivity index (χ4v) is 6.27. The maximum atomic E-state index is 14.4. The first-order valence-electron chi connectivity index (χ1n) is 16.7. The lowest BCUT2D eigenvalue weighted by Crippen LogP contribution is -2.27. The van der Waals surface area contributed by atoms with Crippen LogP contribution in [0, 0.1) is 44.5 Å². The first-order chi connectivity index (χ1) is 25.3. The van der Waals surface area contributed by atoms with E-state index in [9.17, 15) is 32.3 Å². The molecular weight excluding hydrogens is 677 g/mol. The quantitative estimate of drug-likeness (QED) is 0.190. The van der Waals surface area contributed by atoms with Gasteiger partial charge in [0.05, 0.1) is 51.3 Å². The second-order valence-corrected chi connectivity index (χ2v) is 13.1. The summed E-state index contributed by atoms with van der Waals surface area (Å²) in [5.74, 6) is 11.9. The molecule has 0 amide bonds. The van der Waals surface area contributed by atoms with Crippen LogP contribution in [0.15, 0.2) is 116 Å². The summed E-state index contributed by atoms with van der Waals surface area (Å²) in [5.41, 5.74) is 0.980. The molecule has 0 saturated carbocycles. The van der Waals surface area contributed by atoms with Gasteiger partial charge in [-0.1, -0.05) is 101 Å². The molecule has 2 aromatic heterocycles. The van der Waals surface area contributed by atoms with Gasteiger partial charge in [-0.15, -0.1) is 0 Å². The van der Waals surface area contributed by atoms with Crippen molar-refractivity contribution in [2.24, 2.45) is 0 Å². The molecule has 6 nitrogen and oxygen atoms in total. The predicted octanol–water partition coefficient (Wildman–Crippen LogP) is 6.75. The van der Waals surface area contributed by atoms with Crippen molar-refractivity contribution in [3.63, 3.8) is 0 Å². The van der Waals surface area contributed by atoms with Gasteiger partial charge >= 0.3 is 6.18 Å². The monoisotopic (exact) mass is 706 g/mol. The molecule has 0 aliphatic carbocycles. The highest BCUT2D eigenvalue weighted by Gasteiger charge is 2.31. The number of aromatic nitrogens is 2. The van der Waals surface area contributed by atoms with Crippen molar-refractivity contribution < 1.29 is 13.2 Å². The third-order valence-electron chi connectivity index (χ3n) is 9.19. The van der Waals surface area contributed by atoms with Gasteiger partial charge in [0.1, 0.15) is 0 Å². The van der Waals surface area contributed by atoms with Crippen LogP contribution in [0.4, 0.5) is 13.2 Å². The molecule has 0 unspecified atom stereocenters. The van der Waals surface area contributed by atoms with E-state index < -0.39 is 34.0 Å². The van der Waals surface area contributed by atoms with E-state index in [0.29, 0.717) is 16.7 Å². The smallest absolute Gasteiger partial charge is 0.270 e. The fraction of sp³-hybridized carbons (Fsp3) is 0.136. The van der Waals surface area contributed by atoms with E-state index >= 15 is 0 Å². The van der Waals surface area contributed by atoms with Gasteiger partial charge in [0.15, 0.2) is 0 Å². The van der Waals surface area contributed by atoms with Crippen LogP contribution in [0.5, 0.6) is 0 Å². The molecule has 0 N–H and O–H groups in total. The summed E-state index contributed by atoms with van der Waals surface area (Å²) in [6.07, 6.45) is -4.57. The Hall–Kier alpha value is -6.71. The van der Waals surface area contributed by atoms with Gasteiger partial charge in [-0.05, 0) is 68.3 Å². The number of alkyl halides is 3. The Morgan fingerprint density at radius 2 is 0.755 bits per heavy atom. The zero-order chi connectivity index (χ0) is 37.6. The molecule has 0 atom stereocenters. The van der Waals surface area contributed by atoms with E-state index in [1.54, 1.807) is 36.4 Å². The summed E-state index contributed by atoms with van der Waals surface area (Å²) in [6.45, 7) is 5.30. The second-order valence-electron chi connectivity index (χ2n) is 13.1. The molecular formula is C44H29F3N2O4. The van der Waals surface area contributed by atoms with Crippen LogP contribution in [0.1, 0.15) is 55.6 Å². The van der Waals surface area contributed by atoms with E-state index in [1.807, 2.05) is 57.2 Å². The zero-order valence-electron chi connectivity index (χ0n) is 28.8. The van der Waals surface area contributed by atoms with Gasteiger partial charge in [0.25, 0.3) is 22.2 Å². The second kappa shape index (κ2) is 13.4. The minimum absolute atomic E-state index is 0.0745. The normalized spacial score (nSPS) is 11.4. The van der Waals surface area contributed by atoms with Crippen LogP contribution in [0.2, 0.25) is 0 Å². The summed E-state index contributed by atoms with van der Waals surface area (Å²) in [4.78, 5) is 57.5. The number of rotatable bonds is 4. The minimum atomic E-state index is -4.57. The highest BCUT2D eigenvalue weighted by molar-refractivity contribution is 6.09. The average Bonchev–Trinajstić information content (AvgIpc) is 3.52. The maximum absolute atomic E-state index is 14.4. The number of nitrogens with zero attached hydrogens (tertiary/aromatic N) is 2. The summed E-state index contributed by atoms with van der Waals surface area (Å²) >= 11 is 0. The topological polar surface area (TPSA) is 78.1 Å². The third-order valence-corrected chi connectivity index (χ3v) is 9.19. The lowest BCUT2D eigenvalue weighted by Gasteiger charge is -2.07. The van der Waals surface area contributed by atoms with E-state index in [-0.39, 0.29) is 51.3 Å². The highest BCUT2D eigenvalue weighted by Crippen LogP contribution is 2.30. The van der Waals surface area contributed by atoms with Crippen LogP contribution in [-0.2, 0) is 19.3 Å². The van der Waals surface area contributed by atoms with E-state index in [2.05, 4.69) is 23.7 Å². The largest absolute Gasteiger partial charge is 0.416 e. The number of aryl methyl sites for hydroxylation is 3. The standard InChI is InChI=1S/C44H29F3N2O4/c1-26-4-10-29(11-5-26)18-22-34-36-37(41(51)48(40(36)50)24-31-14-8-28(3)9-15-31)35(23-19-30-12-6-27(2)7-13-30)39-38(34)42(52)49(43(39)53)25-32-16-20-33(21-17-32)44(45,46)47/h4-17,20-21H,24-25H2,1-3H3. The Morgan fingerprint density at radius 1 is 0.453 bits per heavy atom. The number of benzene rings is 5. The van der Waals surface area contributed by atoms with E-state index in [4.69, 9.17) is 0 Å². The lowest BCUT2D eigenvalue weighted by molar-refractivity contribution is -0.137. The minimum Gasteiger partial charge on any atom is -0.270 e. The van der Waals surface area contributed by atoms with Crippen molar-refractivity contribution in [2.75, 3.05) is 0 Å². The van der Waals surface area contributed by atoms with Crippen molar-refractivity contribution in [2.45, 2.75) is 40.0 Å². The van der Waals surface area contributed by atoms with Crippen molar-refractivity contribution in [3.05, 3.63) is 194 Å². The molecule has 0 fully saturated rings. The molecule has 0 radical (unpaired) electrons. The van der Waals surface area contributed by atoms with Gasteiger partial charge in [-0.3, -0.25) is 28.3 Å². The van der Waals surface area contributed by atoms with Crippen molar-refractivity contribution in [1.29, 1.82) is 0 Å². The molecule has 0 bridgehead atoms. The van der Waals surface area contributed by atoms with Gasteiger partial charge in [0.2, 0.25) is 0 Å². The lowest BCUT2D eigenvalue weighted by atomic mass is 9.96. The number of hydrogen-bond acceptors (Lipinski definition) is 4. The van der Waals surface area contributed by atoms with Gasteiger partial charge in [-0.2, -0.15) is 13.2 Å². The highest BCUT2D eigenvalue weighted by atomic mass is 19.4. The molecule has 9 heteroatoms. The van der Waals surface area contributed by atoms with Crippen molar-refractivity contribution in [1.82, 2.24) is 9.13 Å². The molecule has 2 heterocycles. The van der Waals surface area contributed by atoms with Crippen molar-refractivity contribution >= 4 is 21.5 Å². The van der Waals surface area contributed by atoms with Gasteiger partial charge in [0, 0.05) is 11.1 Å². The molecule has 7 rings (SSSR count). The molecule has 53 heavy (non-hydrogen) atoms. The molecule has 5 aromatic carbocycles. The Morgan fingerprint density at radius 3 is 1.08 bits per heavy atom. The molecule has 0 saturated heterocycles. The van der Waals surface area contributed by atoms with Crippen LogP contribution >= 0.6 is 0 Å². The van der Waals surface area contributed by atoms with Crippen LogP contribution in [0.25, 0.3) is 21.5 Å². The molecule has 260 valence electrons. The van der Waals surface area contributed by atoms with Crippen LogP contribution < -0.4 is 22.2 Å². The first-order valence-corrected chi connectivity index (χ1v) is 16.7. The maximum Gasteiger partial charge on any atom is 0.416 e. The van der Waals surface area contributed by atoms with Crippen molar-refractivity contribution in [3.8, 4) is 23.7 Å². The Labute approximate surface area is 301 Å². The average molecular weight is 707 g/mol. The molecule has 0 aliphatic heterocycles. The summed E-state index contributed by atoms with van der Waals surface area (Å²) < 4.78 is 41.8. The van der Waals surface area contributed by atoms with E-state index in [0.717, 1.165) is 38.0 Å². The third kappa shape index (κ3) is 6.61. The fourth-order valence-electron chi connectivity index (χ4n) is 6.27. The van der Waals surface area contributed by atoms with Gasteiger partial charge in [-0.25, -0.2) is 0 Å². The summed E-state index contributed by atoms with van der Waals surface area (Å²) in [6, 6.07) is 25.9. The van der Waals surface area contributed by atoms with Crippen LogP contribution in [0.3, 0.4) is 0 Å². The SMILES string of the molecule is Cc1ccc(C#Cc2c3c(=O)n(Cc4ccc(C)cc4)c(=O)c3c(C#Cc3ccc(C)cc3)c3c(=O)n(Cc4ccc(C(F)(F)F)cc4)c(=O)c23)cc1. The summed E-state index contributed by atoms with van der Waals surface area (Å²) in [7, 11) is 0. The first kappa shape index (κ1) is 34.7. The number of hydrogen-bond donors (Lipinski definition) is 0.